The molecule has 1 amide bonds. The summed E-state index contributed by atoms with van der Waals surface area (Å²) in [7, 11) is 0. The molecule has 1 aromatic heterocycles. The Morgan fingerprint density at radius 2 is 1.89 bits per heavy atom. The molecule has 0 unspecified atom stereocenters. The summed E-state index contributed by atoms with van der Waals surface area (Å²) in [6, 6.07) is 8.42. The average Bonchev–Trinajstić information content (AvgIpc) is 2.68. The van der Waals surface area contributed by atoms with Gasteiger partial charge in [-0.15, -0.1) is 10.2 Å². The van der Waals surface area contributed by atoms with Crippen molar-refractivity contribution in [3.8, 4) is 11.1 Å². The van der Waals surface area contributed by atoms with Gasteiger partial charge in [-0.1, -0.05) is 25.1 Å². The number of anilines is 1. The minimum atomic E-state index is -0.555. The zero-order chi connectivity index (χ0) is 19.4. The molecule has 0 saturated carbocycles. The van der Waals surface area contributed by atoms with Crippen molar-refractivity contribution in [1.82, 2.24) is 15.5 Å². The summed E-state index contributed by atoms with van der Waals surface area (Å²) in [6.45, 7) is 4.94. The Bertz CT molecular complexity index is 991. The lowest BCUT2D eigenvalue weighted by Gasteiger charge is -2.14. The van der Waals surface area contributed by atoms with Crippen LogP contribution in [0.4, 0.5) is 14.5 Å². The van der Waals surface area contributed by atoms with Gasteiger partial charge in [0.2, 0.25) is 0 Å². The maximum atomic E-state index is 14.3. The highest BCUT2D eigenvalue weighted by Gasteiger charge is 2.19. The molecule has 0 aliphatic carbocycles. The zero-order valence-electron chi connectivity index (χ0n) is 15.1. The number of benzene rings is 2. The van der Waals surface area contributed by atoms with E-state index in [1.165, 1.54) is 0 Å². The van der Waals surface area contributed by atoms with E-state index < -0.39 is 11.6 Å². The highest BCUT2D eigenvalue weighted by Crippen LogP contribution is 2.33. The Balaban J connectivity index is 2.21. The number of carbonyl (C=O) groups is 1. The molecule has 0 atom stereocenters. The van der Waals surface area contributed by atoms with E-state index in [1.54, 1.807) is 18.2 Å². The summed E-state index contributed by atoms with van der Waals surface area (Å²) in [5.74, 6) is -1.43. The minimum absolute atomic E-state index is 0.0977. The van der Waals surface area contributed by atoms with Gasteiger partial charge in [0, 0.05) is 29.6 Å². The molecule has 27 heavy (non-hydrogen) atoms. The van der Waals surface area contributed by atoms with E-state index in [0.29, 0.717) is 35.2 Å². The van der Waals surface area contributed by atoms with Crippen LogP contribution < -0.4 is 10.6 Å². The van der Waals surface area contributed by atoms with Crippen LogP contribution in [0.3, 0.4) is 0 Å². The van der Waals surface area contributed by atoms with Gasteiger partial charge in [0.15, 0.2) is 5.69 Å². The average molecular weight is 370 g/mol. The first-order chi connectivity index (χ1) is 13.1. The lowest BCUT2D eigenvalue weighted by molar-refractivity contribution is 0.0949. The van der Waals surface area contributed by atoms with Gasteiger partial charge >= 0.3 is 0 Å². The Labute approximate surface area is 155 Å². The molecule has 140 valence electrons. The third-order valence-corrected chi connectivity index (χ3v) is 4.11. The van der Waals surface area contributed by atoms with Crippen molar-refractivity contribution in [2.45, 2.75) is 20.3 Å². The predicted octanol–water partition coefficient (Wildman–Crippen LogP) is 4.15. The zero-order valence-corrected chi connectivity index (χ0v) is 15.1. The number of amides is 1. The minimum Gasteiger partial charge on any atom is -0.383 e. The lowest BCUT2D eigenvalue weighted by Crippen LogP contribution is -2.26. The molecule has 0 aliphatic rings. The molecule has 1 heterocycles. The molecular formula is C20H20F2N4O. The molecule has 0 spiro atoms. The number of fused-ring (bicyclic) bond motifs is 1. The number of hydrogen-bond donors (Lipinski definition) is 2. The SMILES string of the molecule is CCCNC(=O)c1nnc2c(-c3cc(F)ccc3F)cccc2c1NCC. The van der Waals surface area contributed by atoms with Crippen LogP contribution in [0.1, 0.15) is 30.8 Å². The van der Waals surface area contributed by atoms with E-state index in [1.807, 2.05) is 13.8 Å². The van der Waals surface area contributed by atoms with E-state index in [0.717, 1.165) is 24.6 Å². The largest absolute Gasteiger partial charge is 0.383 e. The fourth-order valence-corrected chi connectivity index (χ4v) is 2.89. The quantitative estimate of drug-likeness (QED) is 0.684. The Morgan fingerprint density at radius 1 is 1.07 bits per heavy atom. The first-order valence-corrected chi connectivity index (χ1v) is 8.83. The molecule has 0 aliphatic heterocycles. The summed E-state index contributed by atoms with van der Waals surface area (Å²) < 4.78 is 27.9. The highest BCUT2D eigenvalue weighted by atomic mass is 19.1. The number of rotatable bonds is 6. The molecule has 0 saturated heterocycles. The van der Waals surface area contributed by atoms with Crippen molar-refractivity contribution in [3.63, 3.8) is 0 Å². The number of halogens is 2. The number of aromatic nitrogens is 2. The van der Waals surface area contributed by atoms with E-state index in [2.05, 4.69) is 20.8 Å². The third kappa shape index (κ3) is 3.72. The van der Waals surface area contributed by atoms with Crippen LogP contribution in [-0.4, -0.2) is 29.2 Å². The number of nitrogens with zero attached hydrogens (tertiary/aromatic N) is 2. The Hall–Kier alpha value is -3.09. The third-order valence-electron chi connectivity index (χ3n) is 4.11. The van der Waals surface area contributed by atoms with Crippen molar-refractivity contribution < 1.29 is 13.6 Å². The van der Waals surface area contributed by atoms with Gasteiger partial charge in [-0.05, 0) is 31.5 Å². The highest BCUT2D eigenvalue weighted by molar-refractivity contribution is 6.08. The van der Waals surface area contributed by atoms with Crippen LogP contribution in [0.5, 0.6) is 0 Å². The number of carbonyl (C=O) groups excluding carboxylic acids is 1. The van der Waals surface area contributed by atoms with Crippen LogP contribution in [0.25, 0.3) is 22.0 Å². The smallest absolute Gasteiger partial charge is 0.273 e. The predicted molar refractivity (Wildman–Crippen MR) is 102 cm³/mol. The van der Waals surface area contributed by atoms with E-state index in [-0.39, 0.29) is 17.2 Å². The summed E-state index contributed by atoms with van der Waals surface area (Å²) in [5.41, 5.74) is 1.60. The second kappa shape index (κ2) is 8.07. The van der Waals surface area contributed by atoms with E-state index in [9.17, 15) is 13.6 Å². The molecule has 0 bridgehead atoms. The second-order valence-corrected chi connectivity index (χ2v) is 6.04. The summed E-state index contributed by atoms with van der Waals surface area (Å²) in [4.78, 5) is 12.4. The van der Waals surface area contributed by atoms with E-state index in [4.69, 9.17) is 0 Å². The van der Waals surface area contributed by atoms with Gasteiger partial charge in [0.25, 0.3) is 5.91 Å². The standard InChI is InChI=1S/C20H20F2N4O/c1-3-10-24-20(27)19-18(23-4-2)14-7-5-6-13(17(14)25-26-19)15-11-12(21)8-9-16(15)22/h5-9,11H,3-4,10H2,1-2H3,(H,23,25)(H,24,27). The molecule has 0 radical (unpaired) electrons. The van der Waals surface area contributed by atoms with Crippen molar-refractivity contribution in [2.24, 2.45) is 0 Å². The number of hydrogen-bond acceptors (Lipinski definition) is 4. The normalized spacial score (nSPS) is 10.8. The molecule has 3 rings (SSSR count). The lowest BCUT2D eigenvalue weighted by atomic mass is 10.0. The van der Waals surface area contributed by atoms with Crippen molar-refractivity contribution in [1.29, 1.82) is 0 Å². The monoisotopic (exact) mass is 370 g/mol. The fraction of sp³-hybridized carbons (Fsp3) is 0.250. The Kier molecular flexibility index (Phi) is 5.59. The summed E-state index contributed by atoms with van der Waals surface area (Å²) >= 11 is 0. The Morgan fingerprint density at radius 3 is 2.63 bits per heavy atom. The number of nitrogens with one attached hydrogen (secondary N) is 2. The molecule has 2 aromatic carbocycles. The van der Waals surface area contributed by atoms with Crippen LogP contribution in [0, 0.1) is 11.6 Å². The molecular weight excluding hydrogens is 350 g/mol. The van der Waals surface area contributed by atoms with Gasteiger partial charge < -0.3 is 10.6 Å². The van der Waals surface area contributed by atoms with Gasteiger partial charge in [0.05, 0.1) is 5.69 Å². The second-order valence-electron chi connectivity index (χ2n) is 6.04. The molecule has 7 heteroatoms. The maximum Gasteiger partial charge on any atom is 0.273 e. The van der Waals surface area contributed by atoms with Gasteiger partial charge in [0.1, 0.15) is 17.2 Å². The van der Waals surface area contributed by atoms with Gasteiger partial charge in [-0.2, -0.15) is 0 Å². The van der Waals surface area contributed by atoms with E-state index >= 15 is 0 Å². The fourth-order valence-electron chi connectivity index (χ4n) is 2.89. The summed E-state index contributed by atoms with van der Waals surface area (Å²) in [5, 5.41) is 14.8. The first-order valence-electron chi connectivity index (χ1n) is 8.83. The van der Waals surface area contributed by atoms with Crippen molar-refractivity contribution in [3.05, 3.63) is 53.7 Å². The summed E-state index contributed by atoms with van der Waals surface area (Å²) in [6.07, 6.45) is 0.798. The van der Waals surface area contributed by atoms with Crippen LogP contribution in [0.15, 0.2) is 36.4 Å². The van der Waals surface area contributed by atoms with Crippen molar-refractivity contribution in [2.75, 3.05) is 18.4 Å². The van der Waals surface area contributed by atoms with Crippen LogP contribution in [0.2, 0.25) is 0 Å². The van der Waals surface area contributed by atoms with Crippen molar-refractivity contribution >= 4 is 22.5 Å². The van der Waals surface area contributed by atoms with Gasteiger partial charge in [-0.25, -0.2) is 8.78 Å². The molecule has 0 fully saturated rings. The molecule has 2 N–H and O–H groups in total. The first kappa shape index (κ1) is 18.7. The van der Waals surface area contributed by atoms with Crippen LogP contribution in [-0.2, 0) is 0 Å². The van der Waals surface area contributed by atoms with Gasteiger partial charge in [-0.3, -0.25) is 4.79 Å². The maximum absolute atomic E-state index is 14.3. The molecule has 3 aromatic rings. The molecule has 5 nitrogen and oxygen atoms in total. The van der Waals surface area contributed by atoms with Crippen LogP contribution >= 0.6 is 0 Å². The topological polar surface area (TPSA) is 66.9 Å².